The van der Waals surface area contributed by atoms with Crippen molar-refractivity contribution in [1.82, 2.24) is 9.97 Å². The van der Waals surface area contributed by atoms with Gasteiger partial charge in [0, 0.05) is 10.0 Å². The Morgan fingerprint density at radius 1 is 1.37 bits per heavy atom. The van der Waals surface area contributed by atoms with E-state index in [2.05, 4.69) is 25.9 Å². The van der Waals surface area contributed by atoms with Crippen molar-refractivity contribution in [3.8, 4) is 11.4 Å². The number of carbonyl (C=O) groups is 1. The third-order valence-corrected chi connectivity index (χ3v) is 3.02. The van der Waals surface area contributed by atoms with Gasteiger partial charge in [0.15, 0.2) is 0 Å². The van der Waals surface area contributed by atoms with E-state index in [4.69, 9.17) is 10.8 Å². The van der Waals surface area contributed by atoms with E-state index in [1.807, 2.05) is 0 Å². The van der Waals surface area contributed by atoms with Crippen LogP contribution >= 0.6 is 15.9 Å². The van der Waals surface area contributed by atoms with Gasteiger partial charge in [-0.3, -0.25) is 9.59 Å². The minimum absolute atomic E-state index is 0.0339. The minimum atomic E-state index is -1.13. The molecule has 0 aliphatic carbocycles. The number of halogens is 1. The van der Waals surface area contributed by atoms with Crippen molar-refractivity contribution < 1.29 is 9.90 Å². The maximum absolute atomic E-state index is 11.8. The number of hydrogen-bond donors (Lipinski definition) is 3. The summed E-state index contributed by atoms with van der Waals surface area (Å²) in [6, 6.07) is 7.13. The Bertz CT molecular complexity index is 680. The van der Waals surface area contributed by atoms with Gasteiger partial charge < -0.3 is 15.8 Å². The number of rotatable bonds is 3. The summed E-state index contributed by atoms with van der Waals surface area (Å²) in [4.78, 5) is 29.0. The molecule has 0 radical (unpaired) electrons. The normalized spacial score (nSPS) is 10.4. The van der Waals surface area contributed by atoms with Gasteiger partial charge in [0.2, 0.25) is 0 Å². The Balaban J connectivity index is 2.48. The van der Waals surface area contributed by atoms with Crippen LogP contribution in [-0.4, -0.2) is 21.0 Å². The smallest absolute Gasteiger partial charge is 0.308 e. The van der Waals surface area contributed by atoms with Crippen LogP contribution in [0.25, 0.3) is 11.4 Å². The number of nitrogens with zero attached hydrogens (tertiary/aromatic N) is 1. The van der Waals surface area contributed by atoms with Crippen LogP contribution in [0.1, 0.15) is 5.56 Å². The maximum Gasteiger partial charge on any atom is 0.308 e. The molecular formula is C12H10BrN3O3. The zero-order valence-corrected chi connectivity index (χ0v) is 11.3. The van der Waals surface area contributed by atoms with Gasteiger partial charge in [-0.25, -0.2) is 4.98 Å². The topological polar surface area (TPSA) is 109 Å². The molecule has 98 valence electrons. The number of carboxylic acid groups (broad SMARTS) is 1. The lowest BCUT2D eigenvalue weighted by molar-refractivity contribution is -0.136. The molecule has 0 aliphatic heterocycles. The number of aromatic amines is 1. The molecule has 2 aromatic rings. The first-order valence-corrected chi connectivity index (χ1v) is 6.13. The van der Waals surface area contributed by atoms with E-state index in [0.29, 0.717) is 11.4 Å². The van der Waals surface area contributed by atoms with Crippen molar-refractivity contribution >= 4 is 27.7 Å². The molecule has 0 atom stereocenters. The maximum atomic E-state index is 11.8. The molecule has 0 saturated heterocycles. The van der Waals surface area contributed by atoms with Crippen molar-refractivity contribution in [2.24, 2.45) is 0 Å². The van der Waals surface area contributed by atoms with E-state index in [-0.39, 0.29) is 11.4 Å². The molecule has 1 heterocycles. The number of nitrogens with one attached hydrogen (secondary N) is 1. The first-order valence-electron chi connectivity index (χ1n) is 5.34. The zero-order valence-electron chi connectivity index (χ0n) is 9.68. The van der Waals surface area contributed by atoms with Crippen LogP contribution < -0.4 is 11.3 Å². The second-order valence-corrected chi connectivity index (χ2v) is 4.77. The van der Waals surface area contributed by atoms with Gasteiger partial charge in [0.25, 0.3) is 5.56 Å². The van der Waals surface area contributed by atoms with Crippen LogP contribution in [0.2, 0.25) is 0 Å². The molecule has 0 saturated carbocycles. The van der Waals surface area contributed by atoms with Gasteiger partial charge >= 0.3 is 5.97 Å². The van der Waals surface area contributed by atoms with E-state index in [0.717, 1.165) is 4.47 Å². The highest BCUT2D eigenvalue weighted by Crippen LogP contribution is 2.18. The molecule has 0 unspecified atom stereocenters. The van der Waals surface area contributed by atoms with E-state index in [1.165, 1.54) is 0 Å². The number of nitrogens with two attached hydrogens (primary N) is 1. The molecule has 1 aromatic heterocycles. The van der Waals surface area contributed by atoms with Gasteiger partial charge in [-0.15, -0.1) is 0 Å². The van der Waals surface area contributed by atoms with Gasteiger partial charge in [0.05, 0.1) is 12.0 Å². The van der Waals surface area contributed by atoms with Crippen LogP contribution in [0.15, 0.2) is 33.5 Å². The Morgan fingerprint density at radius 3 is 2.53 bits per heavy atom. The predicted molar refractivity (Wildman–Crippen MR) is 73.7 cm³/mol. The number of benzene rings is 1. The summed E-state index contributed by atoms with van der Waals surface area (Å²) in [5.74, 6) is -0.886. The standard InChI is InChI=1S/C12H10BrN3O3/c13-7-3-1-6(2-4-7)11-15-10(14)8(5-9(17)18)12(19)16-11/h1-4H,5H2,(H,17,18)(H3,14,15,16,19). The summed E-state index contributed by atoms with van der Waals surface area (Å²) in [5, 5.41) is 8.69. The molecule has 0 fully saturated rings. The molecule has 19 heavy (non-hydrogen) atoms. The third kappa shape index (κ3) is 3.00. The molecule has 2 rings (SSSR count). The Hall–Kier alpha value is -2.15. The highest BCUT2D eigenvalue weighted by Gasteiger charge is 2.13. The van der Waals surface area contributed by atoms with Crippen LogP contribution in [0.5, 0.6) is 0 Å². The molecule has 0 spiro atoms. The summed E-state index contributed by atoms with van der Waals surface area (Å²) < 4.78 is 0.897. The van der Waals surface area contributed by atoms with Gasteiger partial charge in [0.1, 0.15) is 11.6 Å². The second-order valence-electron chi connectivity index (χ2n) is 3.86. The van der Waals surface area contributed by atoms with Crippen molar-refractivity contribution in [1.29, 1.82) is 0 Å². The molecule has 1 aromatic carbocycles. The van der Waals surface area contributed by atoms with Crippen LogP contribution in [-0.2, 0) is 11.2 Å². The van der Waals surface area contributed by atoms with E-state index < -0.39 is 17.9 Å². The lowest BCUT2D eigenvalue weighted by Gasteiger charge is -2.05. The summed E-state index contributed by atoms with van der Waals surface area (Å²) >= 11 is 3.30. The fraction of sp³-hybridized carbons (Fsp3) is 0.0833. The summed E-state index contributed by atoms with van der Waals surface area (Å²) in [7, 11) is 0. The Labute approximate surface area is 116 Å². The number of nitrogen functional groups attached to an aromatic ring is 1. The first-order chi connectivity index (χ1) is 8.97. The lowest BCUT2D eigenvalue weighted by atomic mass is 10.2. The molecule has 7 heteroatoms. The molecule has 4 N–H and O–H groups in total. The number of hydrogen-bond acceptors (Lipinski definition) is 4. The second kappa shape index (κ2) is 5.23. The van der Waals surface area contributed by atoms with E-state index >= 15 is 0 Å². The van der Waals surface area contributed by atoms with Crippen LogP contribution in [0.4, 0.5) is 5.82 Å². The van der Waals surface area contributed by atoms with Gasteiger partial charge in [-0.05, 0) is 12.1 Å². The first kappa shape index (κ1) is 13.3. The summed E-state index contributed by atoms with van der Waals surface area (Å²) in [6.07, 6.45) is -0.450. The average molecular weight is 324 g/mol. The largest absolute Gasteiger partial charge is 0.481 e. The van der Waals surface area contributed by atoms with E-state index in [9.17, 15) is 9.59 Å². The predicted octanol–water partition coefficient (Wildman–Crippen LogP) is 1.41. The number of aromatic nitrogens is 2. The molecule has 0 bridgehead atoms. The summed E-state index contributed by atoms with van der Waals surface area (Å²) in [5.41, 5.74) is 5.75. The molecular weight excluding hydrogens is 314 g/mol. The zero-order chi connectivity index (χ0) is 14.0. The van der Waals surface area contributed by atoms with Crippen molar-refractivity contribution in [2.75, 3.05) is 5.73 Å². The Kier molecular flexibility index (Phi) is 3.66. The van der Waals surface area contributed by atoms with Gasteiger partial charge in [-0.2, -0.15) is 0 Å². The van der Waals surface area contributed by atoms with Crippen LogP contribution in [0, 0.1) is 0 Å². The molecule has 0 amide bonds. The van der Waals surface area contributed by atoms with Crippen molar-refractivity contribution in [3.63, 3.8) is 0 Å². The monoisotopic (exact) mass is 323 g/mol. The molecule has 0 aliphatic rings. The summed E-state index contributed by atoms with van der Waals surface area (Å²) in [6.45, 7) is 0. The Morgan fingerprint density at radius 2 is 2.00 bits per heavy atom. The van der Waals surface area contributed by atoms with Crippen molar-refractivity contribution in [3.05, 3.63) is 44.7 Å². The van der Waals surface area contributed by atoms with Crippen LogP contribution in [0.3, 0.4) is 0 Å². The minimum Gasteiger partial charge on any atom is -0.481 e. The number of aliphatic carboxylic acids is 1. The number of H-pyrrole nitrogens is 1. The SMILES string of the molecule is Nc1nc(-c2ccc(Br)cc2)[nH]c(=O)c1CC(=O)O. The van der Waals surface area contributed by atoms with E-state index in [1.54, 1.807) is 24.3 Å². The number of carboxylic acids is 1. The lowest BCUT2D eigenvalue weighted by Crippen LogP contribution is -2.21. The highest BCUT2D eigenvalue weighted by molar-refractivity contribution is 9.10. The van der Waals surface area contributed by atoms with Gasteiger partial charge in [-0.1, -0.05) is 28.1 Å². The quantitative estimate of drug-likeness (QED) is 0.791. The molecule has 6 nitrogen and oxygen atoms in total. The highest BCUT2D eigenvalue weighted by atomic mass is 79.9. The third-order valence-electron chi connectivity index (χ3n) is 2.49. The fourth-order valence-electron chi connectivity index (χ4n) is 1.58. The fourth-order valence-corrected chi connectivity index (χ4v) is 1.85. The average Bonchev–Trinajstić information content (AvgIpc) is 2.34. The van der Waals surface area contributed by atoms with Crippen molar-refractivity contribution in [2.45, 2.75) is 6.42 Å². The number of anilines is 1.